The van der Waals surface area contributed by atoms with E-state index < -0.39 is 5.91 Å². The average molecular weight is 354 g/mol. The summed E-state index contributed by atoms with van der Waals surface area (Å²) < 4.78 is 1.72. The number of nitrogens with one attached hydrogen (secondary N) is 1. The third-order valence-corrected chi connectivity index (χ3v) is 4.35. The average Bonchev–Trinajstić information content (AvgIpc) is 2.86. The van der Waals surface area contributed by atoms with Crippen molar-refractivity contribution in [3.05, 3.63) is 40.7 Å². The van der Waals surface area contributed by atoms with Gasteiger partial charge < -0.3 is 15.6 Å². The third-order valence-electron chi connectivity index (χ3n) is 3.05. The van der Waals surface area contributed by atoms with Gasteiger partial charge in [-0.2, -0.15) is 0 Å². The lowest BCUT2D eigenvalue weighted by atomic mass is 10.2. The van der Waals surface area contributed by atoms with E-state index in [-0.39, 0.29) is 17.7 Å². The number of nitrogens with two attached hydrogens (primary N) is 1. The number of nitrogens with zero attached hydrogens (tertiary/aromatic N) is 3. The highest BCUT2D eigenvalue weighted by Crippen LogP contribution is 2.19. The fraction of sp³-hybridized carbons (Fsp3) is 0.286. The molecular formula is C14H16ClN5O2S. The topological polar surface area (TPSA) is 103 Å². The van der Waals surface area contributed by atoms with E-state index in [0.29, 0.717) is 21.6 Å². The van der Waals surface area contributed by atoms with Gasteiger partial charge in [0, 0.05) is 17.6 Å². The molecule has 0 bridgehead atoms. The lowest BCUT2D eigenvalue weighted by Gasteiger charge is -2.13. The summed E-state index contributed by atoms with van der Waals surface area (Å²) >= 11 is 7.00. The van der Waals surface area contributed by atoms with Crippen molar-refractivity contribution < 1.29 is 9.59 Å². The van der Waals surface area contributed by atoms with Gasteiger partial charge in [-0.1, -0.05) is 23.4 Å². The molecular weight excluding hydrogens is 338 g/mol. The second-order valence-corrected chi connectivity index (χ2v) is 6.24. The van der Waals surface area contributed by atoms with Crippen molar-refractivity contribution in [2.24, 2.45) is 12.8 Å². The van der Waals surface area contributed by atoms with Gasteiger partial charge in [-0.3, -0.25) is 9.59 Å². The quantitative estimate of drug-likeness (QED) is 0.767. The number of primary amides is 1. The van der Waals surface area contributed by atoms with Crippen molar-refractivity contribution in [3.63, 3.8) is 0 Å². The van der Waals surface area contributed by atoms with E-state index in [2.05, 4.69) is 15.5 Å². The van der Waals surface area contributed by atoms with Crippen LogP contribution in [0.25, 0.3) is 0 Å². The fourth-order valence-electron chi connectivity index (χ4n) is 1.91. The van der Waals surface area contributed by atoms with Crippen molar-refractivity contribution in [3.8, 4) is 0 Å². The SMILES string of the molecule is C[C@@H](NC(=O)c1ccc(Cl)cc1)c1nnc(SCC(N)=O)n1C. The molecule has 0 aliphatic heterocycles. The first-order valence-electron chi connectivity index (χ1n) is 6.75. The molecule has 0 fully saturated rings. The van der Waals surface area contributed by atoms with Crippen LogP contribution in [0.1, 0.15) is 29.1 Å². The van der Waals surface area contributed by atoms with Crippen LogP contribution >= 0.6 is 23.4 Å². The van der Waals surface area contributed by atoms with E-state index in [4.69, 9.17) is 17.3 Å². The van der Waals surface area contributed by atoms with E-state index in [9.17, 15) is 9.59 Å². The number of carbonyl (C=O) groups excluding carboxylic acids is 2. The molecule has 1 heterocycles. The van der Waals surface area contributed by atoms with Crippen LogP contribution in [-0.2, 0) is 11.8 Å². The van der Waals surface area contributed by atoms with Gasteiger partial charge in [0.2, 0.25) is 5.91 Å². The molecule has 122 valence electrons. The molecule has 9 heteroatoms. The molecule has 0 saturated carbocycles. The second kappa shape index (κ2) is 7.47. The monoisotopic (exact) mass is 353 g/mol. The molecule has 0 unspecified atom stereocenters. The number of aromatic nitrogens is 3. The molecule has 0 spiro atoms. The molecule has 2 aromatic rings. The van der Waals surface area contributed by atoms with E-state index in [0.717, 1.165) is 0 Å². The van der Waals surface area contributed by atoms with Gasteiger partial charge in [-0.05, 0) is 31.2 Å². The van der Waals surface area contributed by atoms with Crippen LogP contribution in [0, 0.1) is 0 Å². The normalized spacial score (nSPS) is 12.0. The Morgan fingerprint density at radius 3 is 2.61 bits per heavy atom. The van der Waals surface area contributed by atoms with E-state index in [1.807, 2.05) is 0 Å². The Labute approximate surface area is 142 Å². The molecule has 0 saturated heterocycles. The molecule has 0 radical (unpaired) electrons. The Morgan fingerprint density at radius 2 is 2.00 bits per heavy atom. The number of hydrogen-bond donors (Lipinski definition) is 2. The molecule has 2 rings (SSSR count). The Kier molecular flexibility index (Phi) is 5.62. The number of rotatable bonds is 6. The highest BCUT2D eigenvalue weighted by Gasteiger charge is 2.18. The number of carbonyl (C=O) groups is 2. The maximum atomic E-state index is 12.2. The van der Waals surface area contributed by atoms with E-state index in [1.54, 1.807) is 42.8 Å². The molecule has 0 aliphatic rings. The van der Waals surface area contributed by atoms with Crippen molar-refractivity contribution in [1.82, 2.24) is 20.1 Å². The van der Waals surface area contributed by atoms with E-state index >= 15 is 0 Å². The standard InChI is InChI=1S/C14H16ClN5O2S/c1-8(17-13(22)9-3-5-10(15)6-4-9)12-18-19-14(20(12)2)23-7-11(16)21/h3-6,8H,7H2,1-2H3,(H2,16,21)(H,17,22)/t8-/m1/s1. The number of benzene rings is 1. The van der Waals surface area contributed by atoms with Crippen molar-refractivity contribution in [1.29, 1.82) is 0 Å². The fourth-order valence-corrected chi connectivity index (χ4v) is 2.69. The van der Waals surface area contributed by atoms with Gasteiger partial charge in [-0.25, -0.2) is 0 Å². The summed E-state index contributed by atoms with van der Waals surface area (Å²) in [7, 11) is 1.77. The minimum atomic E-state index is -0.427. The van der Waals surface area contributed by atoms with E-state index in [1.165, 1.54) is 11.8 Å². The Morgan fingerprint density at radius 1 is 1.35 bits per heavy atom. The van der Waals surface area contributed by atoms with Crippen LogP contribution < -0.4 is 11.1 Å². The van der Waals surface area contributed by atoms with Crippen molar-refractivity contribution >= 4 is 35.2 Å². The highest BCUT2D eigenvalue weighted by atomic mass is 35.5. The van der Waals surface area contributed by atoms with Gasteiger partial charge >= 0.3 is 0 Å². The lowest BCUT2D eigenvalue weighted by Crippen LogP contribution is -2.28. The predicted octanol–water partition coefficient (Wildman–Crippen LogP) is 1.54. The zero-order chi connectivity index (χ0) is 17.0. The molecule has 0 aliphatic carbocycles. The predicted molar refractivity (Wildman–Crippen MR) is 88.3 cm³/mol. The summed E-state index contributed by atoms with van der Waals surface area (Å²) in [5.41, 5.74) is 5.62. The van der Waals surface area contributed by atoms with Crippen LogP contribution in [0.5, 0.6) is 0 Å². The van der Waals surface area contributed by atoms with Crippen molar-refractivity contribution in [2.45, 2.75) is 18.1 Å². The van der Waals surface area contributed by atoms with Gasteiger partial charge in [0.25, 0.3) is 5.91 Å². The molecule has 1 aromatic heterocycles. The summed E-state index contributed by atoms with van der Waals surface area (Å²) in [5, 5.41) is 12.0. The minimum Gasteiger partial charge on any atom is -0.369 e. The summed E-state index contributed by atoms with van der Waals surface area (Å²) in [5.74, 6) is 0.0451. The summed E-state index contributed by atoms with van der Waals surface area (Å²) in [6.07, 6.45) is 0. The third kappa shape index (κ3) is 4.46. The van der Waals surface area contributed by atoms with Gasteiger partial charge in [-0.15, -0.1) is 10.2 Å². The van der Waals surface area contributed by atoms with Gasteiger partial charge in [0.05, 0.1) is 11.8 Å². The highest BCUT2D eigenvalue weighted by molar-refractivity contribution is 7.99. The first-order chi connectivity index (χ1) is 10.9. The van der Waals surface area contributed by atoms with Crippen LogP contribution in [-0.4, -0.2) is 32.3 Å². The number of halogens is 1. The zero-order valence-electron chi connectivity index (χ0n) is 12.6. The van der Waals surface area contributed by atoms with Crippen LogP contribution in [0.4, 0.5) is 0 Å². The molecule has 3 N–H and O–H groups in total. The first-order valence-corrected chi connectivity index (χ1v) is 8.11. The second-order valence-electron chi connectivity index (χ2n) is 4.86. The zero-order valence-corrected chi connectivity index (χ0v) is 14.2. The molecule has 1 atom stereocenters. The number of hydrogen-bond acceptors (Lipinski definition) is 5. The minimum absolute atomic E-state index is 0.123. The van der Waals surface area contributed by atoms with Crippen molar-refractivity contribution in [2.75, 3.05) is 5.75 Å². The number of thioether (sulfide) groups is 1. The molecule has 1 aromatic carbocycles. The van der Waals surface area contributed by atoms with Gasteiger partial charge in [0.15, 0.2) is 11.0 Å². The Bertz CT molecular complexity index is 716. The first kappa shape index (κ1) is 17.3. The summed E-state index contributed by atoms with van der Waals surface area (Å²) in [6.45, 7) is 1.81. The van der Waals surface area contributed by atoms with Crippen LogP contribution in [0.3, 0.4) is 0 Å². The van der Waals surface area contributed by atoms with Crippen LogP contribution in [0.15, 0.2) is 29.4 Å². The molecule has 23 heavy (non-hydrogen) atoms. The molecule has 2 amide bonds. The maximum Gasteiger partial charge on any atom is 0.251 e. The Balaban J connectivity index is 2.05. The number of amides is 2. The summed E-state index contributed by atoms with van der Waals surface area (Å²) in [6, 6.07) is 6.26. The molecule has 7 nitrogen and oxygen atoms in total. The smallest absolute Gasteiger partial charge is 0.251 e. The maximum absolute atomic E-state index is 12.2. The van der Waals surface area contributed by atoms with Crippen LogP contribution in [0.2, 0.25) is 5.02 Å². The Hall–Kier alpha value is -2.06. The summed E-state index contributed by atoms with van der Waals surface area (Å²) in [4.78, 5) is 23.0. The van der Waals surface area contributed by atoms with Gasteiger partial charge in [0.1, 0.15) is 0 Å². The largest absolute Gasteiger partial charge is 0.369 e. The lowest BCUT2D eigenvalue weighted by molar-refractivity contribution is -0.115.